The SMILES string of the molecule is CCCn1ncc(C(=O)N(C)CCC(=O)O)c1C1CC1. The van der Waals surface area contributed by atoms with Crippen molar-refractivity contribution in [1.82, 2.24) is 14.7 Å². The van der Waals surface area contributed by atoms with Crippen molar-refractivity contribution in [3.8, 4) is 0 Å². The van der Waals surface area contributed by atoms with Crippen LogP contribution in [0.1, 0.15) is 54.6 Å². The Kier molecular flexibility index (Phi) is 4.42. The molecule has 1 aromatic rings. The van der Waals surface area contributed by atoms with Gasteiger partial charge in [0.15, 0.2) is 0 Å². The van der Waals surface area contributed by atoms with Crippen molar-refractivity contribution in [1.29, 1.82) is 0 Å². The predicted octanol–water partition coefficient (Wildman–Crippen LogP) is 1.72. The Morgan fingerprint density at radius 3 is 2.75 bits per heavy atom. The van der Waals surface area contributed by atoms with Gasteiger partial charge in [0, 0.05) is 26.1 Å². The zero-order valence-electron chi connectivity index (χ0n) is 12.0. The van der Waals surface area contributed by atoms with Crippen LogP contribution < -0.4 is 0 Å². The molecule has 1 saturated carbocycles. The minimum absolute atomic E-state index is 0.0376. The van der Waals surface area contributed by atoms with Gasteiger partial charge in [0.2, 0.25) is 0 Å². The number of aromatic nitrogens is 2. The van der Waals surface area contributed by atoms with E-state index >= 15 is 0 Å². The summed E-state index contributed by atoms with van der Waals surface area (Å²) in [5.74, 6) is -0.583. The van der Waals surface area contributed by atoms with Crippen LogP contribution in [0.25, 0.3) is 0 Å². The van der Waals surface area contributed by atoms with Crippen molar-refractivity contribution in [3.63, 3.8) is 0 Å². The molecule has 1 fully saturated rings. The Morgan fingerprint density at radius 1 is 1.50 bits per heavy atom. The third-order valence-corrected chi connectivity index (χ3v) is 3.52. The van der Waals surface area contributed by atoms with E-state index in [1.54, 1.807) is 13.2 Å². The summed E-state index contributed by atoms with van der Waals surface area (Å²) in [6.07, 6.45) is 4.78. The largest absolute Gasteiger partial charge is 0.481 e. The second kappa shape index (κ2) is 6.07. The number of carbonyl (C=O) groups is 2. The molecule has 0 bridgehead atoms. The maximum Gasteiger partial charge on any atom is 0.305 e. The number of carbonyl (C=O) groups excluding carboxylic acids is 1. The number of hydrogen-bond acceptors (Lipinski definition) is 3. The van der Waals surface area contributed by atoms with E-state index in [2.05, 4.69) is 12.0 Å². The summed E-state index contributed by atoms with van der Waals surface area (Å²) >= 11 is 0. The van der Waals surface area contributed by atoms with Crippen LogP contribution in [0.4, 0.5) is 0 Å². The van der Waals surface area contributed by atoms with Gasteiger partial charge in [0.1, 0.15) is 0 Å². The smallest absolute Gasteiger partial charge is 0.305 e. The molecule has 1 heterocycles. The zero-order valence-corrected chi connectivity index (χ0v) is 12.0. The van der Waals surface area contributed by atoms with Gasteiger partial charge in [-0.3, -0.25) is 14.3 Å². The van der Waals surface area contributed by atoms with E-state index in [1.807, 2.05) is 4.68 Å². The highest BCUT2D eigenvalue weighted by Gasteiger charge is 2.33. The zero-order chi connectivity index (χ0) is 14.7. The first-order valence-electron chi connectivity index (χ1n) is 7.07. The van der Waals surface area contributed by atoms with Crippen LogP contribution in [0.15, 0.2) is 6.20 Å². The Bertz CT molecular complexity index is 506. The van der Waals surface area contributed by atoms with Gasteiger partial charge in [-0.2, -0.15) is 5.10 Å². The fraction of sp³-hybridized carbons (Fsp3) is 0.643. The van der Waals surface area contributed by atoms with E-state index in [0.29, 0.717) is 11.5 Å². The Hall–Kier alpha value is -1.85. The van der Waals surface area contributed by atoms with E-state index in [4.69, 9.17) is 5.11 Å². The van der Waals surface area contributed by atoms with E-state index < -0.39 is 5.97 Å². The summed E-state index contributed by atoms with van der Waals surface area (Å²) < 4.78 is 1.93. The highest BCUT2D eigenvalue weighted by molar-refractivity contribution is 5.95. The second-order valence-corrected chi connectivity index (χ2v) is 5.31. The summed E-state index contributed by atoms with van der Waals surface area (Å²) in [7, 11) is 1.64. The summed E-state index contributed by atoms with van der Waals surface area (Å²) in [5, 5.41) is 13.0. The number of amides is 1. The molecule has 6 nitrogen and oxygen atoms in total. The van der Waals surface area contributed by atoms with Crippen molar-refractivity contribution in [2.45, 2.75) is 45.1 Å². The first-order chi connectivity index (χ1) is 9.54. The number of aryl methyl sites for hydroxylation is 1. The quantitative estimate of drug-likeness (QED) is 0.824. The van der Waals surface area contributed by atoms with Crippen LogP contribution in [0.2, 0.25) is 0 Å². The molecule has 1 amide bonds. The van der Waals surface area contributed by atoms with Crippen molar-refractivity contribution in [3.05, 3.63) is 17.5 Å². The number of nitrogens with zero attached hydrogens (tertiary/aromatic N) is 3. The summed E-state index contributed by atoms with van der Waals surface area (Å²) in [6.45, 7) is 3.12. The lowest BCUT2D eigenvalue weighted by atomic mass is 10.1. The maximum atomic E-state index is 12.4. The van der Waals surface area contributed by atoms with Gasteiger partial charge in [0.25, 0.3) is 5.91 Å². The molecule has 0 aliphatic heterocycles. The van der Waals surface area contributed by atoms with E-state index in [9.17, 15) is 9.59 Å². The second-order valence-electron chi connectivity index (χ2n) is 5.31. The Morgan fingerprint density at radius 2 is 2.20 bits per heavy atom. The maximum absolute atomic E-state index is 12.4. The van der Waals surface area contributed by atoms with Gasteiger partial charge in [0.05, 0.1) is 23.9 Å². The molecule has 0 atom stereocenters. The first kappa shape index (κ1) is 14.6. The number of aliphatic carboxylic acids is 1. The third-order valence-electron chi connectivity index (χ3n) is 3.52. The van der Waals surface area contributed by atoms with Crippen LogP contribution in [0, 0.1) is 0 Å². The molecule has 2 rings (SSSR count). The van der Waals surface area contributed by atoms with Crippen LogP contribution in [0.5, 0.6) is 0 Å². The summed E-state index contributed by atoms with van der Waals surface area (Å²) in [5.41, 5.74) is 1.66. The number of carboxylic acid groups (broad SMARTS) is 1. The topological polar surface area (TPSA) is 75.4 Å². The predicted molar refractivity (Wildman–Crippen MR) is 73.7 cm³/mol. The molecule has 20 heavy (non-hydrogen) atoms. The van der Waals surface area contributed by atoms with Crippen molar-refractivity contribution in [2.75, 3.05) is 13.6 Å². The van der Waals surface area contributed by atoms with Crippen LogP contribution >= 0.6 is 0 Å². The molecule has 1 aliphatic rings. The molecular weight excluding hydrogens is 258 g/mol. The number of rotatable bonds is 7. The van der Waals surface area contributed by atoms with Gasteiger partial charge < -0.3 is 10.0 Å². The summed E-state index contributed by atoms with van der Waals surface area (Å²) in [6, 6.07) is 0. The van der Waals surface area contributed by atoms with E-state index in [-0.39, 0.29) is 18.9 Å². The Labute approximate surface area is 118 Å². The molecule has 0 unspecified atom stereocenters. The molecule has 1 N–H and O–H groups in total. The average Bonchev–Trinajstić information content (AvgIpc) is 3.17. The number of carboxylic acids is 1. The molecule has 0 saturated heterocycles. The van der Waals surface area contributed by atoms with Crippen LogP contribution in [-0.2, 0) is 11.3 Å². The molecule has 1 aliphatic carbocycles. The highest BCUT2D eigenvalue weighted by Crippen LogP contribution is 2.41. The van der Waals surface area contributed by atoms with Gasteiger partial charge in [-0.15, -0.1) is 0 Å². The normalized spacial score (nSPS) is 14.3. The first-order valence-corrected chi connectivity index (χ1v) is 7.07. The van der Waals surface area contributed by atoms with Crippen LogP contribution in [-0.4, -0.2) is 45.3 Å². The lowest BCUT2D eigenvalue weighted by Crippen LogP contribution is -2.29. The number of hydrogen-bond donors (Lipinski definition) is 1. The minimum atomic E-state index is -0.895. The van der Waals surface area contributed by atoms with Crippen LogP contribution in [0.3, 0.4) is 0 Å². The third kappa shape index (κ3) is 3.18. The lowest BCUT2D eigenvalue weighted by molar-refractivity contribution is -0.137. The average molecular weight is 279 g/mol. The molecule has 6 heteroatoms. The fourth-order valence-electron chi connectivity index (χ4n) is 2.31. The van der Waals surface area contributed by atoms with Gasteiger partial charge in [-0.25, -0.2) is 0 Å². The highest BCUT2D eigenvalue weighted by atomic mass is 16.4. The summed E-state index contributed by atoms with van der Waals surface area (Å²) in [4.78, 5) is 24.5. The molecule has 0 spiro atoms. The van der Waals surface area contributed by atoms with E-state index in [0.717, 1.165) is 31.5 Å². The molecule has 0 aromatic carbocycles. The molecule has 110 valence electrons. The van der Waals surface area contributed by atoms with Gasteiger partial charge in [-0.1, -0.05) is 6.92 Å². The van der Waals surface area contributed by atoms with Crippen molar-refractivity contribution >= 4 is 11.9 Å². The standard InChI is InChI=1S/C14H21N3O3/c1-3-7-17-13(10-4-5-10)11(9-15-17)14(20)16(2)8-6-12(18)19/h9-10H,3-8H2,1-2H3,(H,18,19). The minimum Gasteiger partial charge on any atom is -0.481 e. The van der Waals surface area contributed by atoms with Crippen molar-refractivity contribution < 1.29 is 14.7 Å². The van der Waals surface area contributed by atoms with Crippen molar-refractivity contribution in [2.24, 2.45) is 0 Å². The van der Waals surface area contributed by atoms with Gasteiger partial charge in [-0.05, 0) is 19.3 Å². The molecular formula is C14H21N3O3. The lowest BCUT2D eigenvalue weighted by Gasteiger charge is -2.16. The monoisotopic (exact) mass is 279 g/mol. The van der Waals surface area contributed by atoms with E-state index in [1.165, 1.54) is 4.90 Å². The molecule has 1 aromatic heterocycles. The Balaban J connectivity index is 2.14. The van der Waals surface area contributed by atoms with Gasteiger partial charge >= 0.3 is 5.97 Å². The molecule has 0 radical (unpaired) electrons. The fourth-order valence-corrected chi connectivity index (χ4v) is 2.31.